The number of para-hydroxylation sites is 2. The summed E-state index contributed by atoms with van der Waals surface area (Å²) in [5, 5.41) is 0. The van der Waals surface area contributed by atoms with Gasteiger partial charge in [0, 0.05) is 34.5 Å². The zero-order valence-electron chi connectivity index (χ0n) is 22.4. The Morgan fingerprint density at radius 2 is 1.33 bits per heavy atom. The molecule has 0 radical (unpaired) electrons. The quantitative estimate of drug-likeness (QED) is 0.121. The van der Waals surface area contributed by atoms with E-state index in [1.807, 2.05) is 79.7 Å². The topological polar surface area (TPSA) is 25.4 Å². The minimum atomic E-state index is -0.720. The van der Waals surface area contributed by atoms with Gasteiger partial charge in [0.1, 0.15) is 0 Å². The first-order valence-electron chi connectivity index (χ1n) is 13.0. The number of ether oxygens (including phenoxy) is 1. The Hall–Kier alpha value is -4.55. The molecular formula is C36H23AuF2N2O. The van der Waals surface area contributed by atoms with Crippen molar-refractivity contribution in [2.45, 2.75) is 6.92 Å². The molecule has 1 heterocycles. The summed E-state index contributed by atoms with van der Waals surface area (Å²) < 4.78 is 34.1. The van der Waals surface area contributed by atoms with Gasteiger partial charge in [0.2, 0.25) is 0 Å². The maximum Gasteiger partial charge on any atom is 3.00 e. The summed E-state index contributed by atoms with van der Waals surface area (Å²) in [7, 11) is 0. The molecule has 0 spiro atoms. The SMILES string of the molecule is Cc1ccc(Oc2[c-]ccc(N(c3ccccc3)c3ccccc3)c2)[c-]c1-c1cccc(-c2[c-]cc(F)cc2F)n1.[Au+3]. The fourth-order valence-corrected chi connectivity index (χ4v) is 4.58. The molecule has 0 aliphatic heterocycles. The monoisotopic (exact) mass is 734 g/mol. The van der Waals surface area contributed by atoms with E-state index in [1.54, 1.807) is 12.1 Å². The number of aryl methyl sites for hydroxylation is 1. The van der Waals surface area contributed by atoms with Gasteiger partial charge < -0.3 is 14.6 Å². The van der Waals surface area contributed by atoms with Gasteiger partial charge in [0.25, 0.3) is 0 Å². The Morgan fingerprint density at radius 3 is 2.00 bits per heavy atom. The molecule has 0 bridgehead atoms. The fourth-order valence-electron chi connectivity index (χ4n) is 4.58. The van der Waals surface area contributed by atoms with Crippen molar-refractivity contribution >= 4 is 17.1 Å². The second kappa shape index (κ2) is 13.0. The molecule has 208 valence electrons. The molecule has 0 N–H and O–H groups in total. The standard InChI is InChI=1S/C36H23F2N2O.Au/c1-25-18-20-31(24-33(25)36-17-9-16-35(39-36)32-21-19-26(37)22-34(32)38)41-30-15-8-14-29(23-30)40(27-10-4-2-5-11-27)28-12-6-3-7-13-28;/h2-14,16-20,22-23H,1H3;/q-3;+3. The van der Waals surface area contributed by atoms with Gasteiger partial charge >= 0.3 is 22.4 Å². The maximum atomic E-state index is 14.4. The van der Waals surface area contributed by atoms with Gasteiger partial charge in [-0.3, -0.25) is 8.78 Å². The van der Waals surface area contributed by atoms with Gasteiger partial charge in [-0.15, -0.1) is 53.6 Å². The van der Waals surface area contributed by atoms with Crippen LogP contribution in [0.4, 0.5) is 25.8 Å². The largest absolute Gasteiger partial charge is 3.00 e. The molecule has 3 nitrogen and oxygen atoms in total. The van der Waals surface area contributed by atoms with Crippen molar-refractivity contribution in [1.29, 1.82) is 0 Å². The van der Waals surface area contributed by atoms with Crippen LogP contribution < -0.4 is 9.64 Å². The minimum absolute atomic E-state index is 0. The number of hydrogen-bond acceptors (Lipinski definition) is 3. The van der Waals surface area contributed by atoms with E-state index < -0.39 is 11.6 Å². The Kier molecular flexibility index (Phi) is 8.94. The van der Waals surface area contributed by atoms with Crippen molar-refractivity contribution < 1.29 is 35.9 Å². The van der Waals surface area contributed by atoms with Crippen molar-refractivity contribution in [3.05, 3.63) is 157 Å². The first-order valence-corrected chi connectivity index (χ1v) is 13.0. The molecule has 1 aromatic heterocycles. The van der Waals surface area contributed by atoms with Crippen LogP contribution in [0.15, 0.2) is 121 Å². The van der Waals surface area contributed by atoms with E-state index in [9.17, 15) is 8.78 Å². The Balaban J connectivity index is 0.00000353. The smallest absolute Gasteiger partial charge is 0.503 e. The van der Waals surface area contributed by atoms with E-state index in [0.29, 0.717) is 28.5 Å². The first kappa shape index (κ1) is 29.0. The first-order chi connectivity index (χ1) is 20.0. The average molecular weight is 735 g/mol. The van der Waals surface area contributed by atoms with E-state index in [-0.39, 0.29) is 27.9 Å². The second-order valence-corrected chi connectivity index (χ2v) is 9.35. The van der Waals surface area contributed by atoms with Gasteiger partial charge in [-0.25, -0.2) is 0 Å². The molecule has 0 atom stereocenters. The van der Waals surface area contributed by atoms with Crippen LogP contribution in [0.5, 0.6) is 11.5 Å². The molecule has 5 aromatic carbocycles. The van der Waals surface area contributed by atoms with Crippen molar-refractivity contribution in [1.82, 2.24) is 4.98 Å². The summed E-state index contributed by atoms with van der Waals surface area (Å²) in [6.07, 6.45) is 0. The van der Waals surface area contributed by atoms with Gasteiger partial charge in [0.05, 0.1) is 0 Å². The van der Waals surface area contributed by atoms with Crippen LogP contribution in [0.1, 0.15) is 5.56 Å². The zero-order chi connectivity index (χ0) is 28.2. The summed E-state index contributed by atoms with van der Waals surface area (Å²) in [5.41, 5.74) is 5.60. The summed E-state index contributed by atoms with van der Waals surface area (Å²) in [6, 6.07) is 46.0. The molecule has 0 saturated heterocycles. The van der Waals surface area contributed by atoms with Crippen LogP contribution in [-0.2, 0) is 22.4 Å². The molecule has 0 fully saturated rings. The van der Waals surface area contributed by atoms with E-state index in [0.717, 1.165) is 34.8 Å². The van der Waals surface area contributed by atoms with Crippen LogP contribution in [0, 0.1) is 36.8 Å². The van der Waals surface area contributed by atoms with E-state index in [1.165, 1.54) is 0 Å². The molecule has 0 saturated carbocycles. The van der Waals surface area contributed by atoms with Gasteiger partial charge in [-0.2, -0.15) is 6.07 Å². The molecule has 0 unspecified atom stereocenters. The summed E-state index contributed by atoms with van der Waals surface area (Å²) in [4.78, 5) is 6.77. The van der Waals surface area contributed by atoms with Crippen LogP contribution in [0.25, 0.3) is 22.5 Å². The predicted octanol–water partition coefficient (Wildman–Crippen LogP) is 9.66. The number of aromatic nitrogens is 1. The van der Waals surface area contributed by atoms with Crippen molar-refractivity contribution in [3.8, 4) is 34.0 Å². The molecule has 6 rings (SSSR count). The van der Waals surface area contributed by atoms with E-state index in [4.69, 9.17) is 4.74 Å². The molecule has 6 heteroatoms. The number of halogens is 2. The van der Waals surface area contributed by atoms with Crippen LogP contribution in [0.3, 0.4) is 0 Å². The third kappa shape index (κ3) is 6.34. The minimum Gasteiger partial charge on any atom is -0.503 e. The van der Waals surface area contributed by atoms with Crippen molar-refractivity contribution in [2.24, 2.45) is 0 Å². The number of rotatable bonds is 7. The molecule has 6 aromatic rings. The fraction of sp³-hybridized carbons (Fsp3) is 0.0278. The predicted molar refractivity (Wildman–Crippen MR) is 157 cm³/mol. The van der Waals surface area contributed by atoms with Crippen LogP contribution in [-0.4, -0.2) is 4.98 Å². The van der Waals surface area contributed by atoms with Crippen molar-refractivity contribution in [2.75, 3.05) is 4.90 Å². The molecule has 42 heavy (non-hydrogen) atoms. The third-order valence-electron chi connectivity index (χ3n) is 6.51. The Bertz CT molecular complexity index is 1770. The molecule has 0 amide bonds. The summed E-state index contributed by atoms with van der Waals surface area (Å²) in [6.45, 7) is 1.94. The zero-order valence-corrected chi connectivity index (χ0v) is 24.6. The van der Waals surface area contributed by atoms with Gasteiger partial charge in [0.15, 0.2) is 0 Å². The Morgan fingerprint density at radius 1 is 0.667 bits per heavy atom. The van der Waals surface area contributed by atoms with E-state index in [2.05, 4.69) is 52.3 Å². The molecular weight excluding hydrogens is 711 g/mol. The molecule has 0 aliphatic carbocycles. The average Bonchev–Trinajstić information content (AvgIpc) is 3.00. The van der Waals surface area contributed by atoms with E-state index >= 15 is 0 Å². The maximum absolute atomic E-state index is 14.4. The number of anilines is 3. The molecule has 0 aliphatic rings. The number of benzene rings is 5. The third-order valence-corrected chi connectivity index (χ3v) is 6.51. The Labute approximate surface area is 259 Å². The number of nitrogens with zero attached hydrogens (tertiary/aromatic N) is 2. The normalized spacial score (nSPS) is 10.5. The summed E-state index contributed by atoms with van der Waals surface area (Å²) in [5.74, 6) is -0.400. The van der Waals surface area contributed by atoms with Gasteiger partial charge in [-0.1, -0.05) is 84.9 Å². The van der Waals surface area contributed by atoms with Crippen molar-refractivity contribution in [3.63, 3.8) is 0 Å². The van der Waals surface area contributed by atoms with Crippen LogP contribution in [0.2, 0.25) is 0 Å². The van der Waals surface area contributed by atoms with Gasteiger partial charge in [-0.05, 0) is 35.7 Å². The number of hydrogen-bond donors (Lipinski definition) is 0. The number of pyridine rings is 1. The summed E-state index contributed by atoms with van der Waals surface area (Å²) >= 11 is 0. The second-order valence-electron chi connectivity index (χ2n) is 9.35. The van der Waals surface area contributed by atoms with Crippen LogP contribution >= 0.6 is 0 Å².